The minimum absolute atomic E-state index is 0.169. The molecule has 0 aliphatic carbocycles. The topological polar surface area (TPSA) is 67.4 Å². The van der Waals surface area contributed by atoms with Crippen LogP contribution in [0.2, 0.25) is 5.02 Å². The maximum atomic E-state index is 12.1. The Kier molecular flexibility index (Phi) is 5.50. The fourth-order valence-corrected chi connectivity index (χ4v) is 3.25. The lowest BCUT2D eigenvalue weighted by Gasteiger charge is -2.26. The molecule has 2 amide bonds. The van der Waals surface area contributed by atoms with Crippen LogP contribution < -0.4 is 10.6 Å². The number of methoxy groups -OCH3 is 1. The number of halogens is 1. The zero-order valence-electron chi connectivity index (χ0n) is 11.8. The van der Waals surface area contributed by atoms with Gasteiger partial charge in [0, 0.05) is 23.4 Å². The summed E-state index contributed by atoms with van der Waals surface area (Å²) in [6, 6.07) is 6.60. The van der Waals surface area contributed by atoms with Crippen molar-refractivity contribution in [3.8, 4) is 0 Å². The molecule has 1 saturated heterocycles. The third-order valence-electron chi connectivity index (χ3n) is 3.28. The fourth-order valence-electron chi connectivity index (χ4n) is 2.23. The van der Waals surface area contributed by atoms with Crippen molar-refractivity contribution in [3.63, 3.8) is 0 Å². The Morgan fingerprint density at radius 1 is 1.52 bits per heavy atom. The predicted molar refractivity (Wildman–Crippen MR) is 83.6 cm³/mol. The fraction of sp³-hybridized carbons (Fsp3) is 0.429. The van der Waals surface area contributed by atoms with E-state index in [1.165, 1.54) is 0 Å². The van der Waals surface area contributed by atoms with E-state index in [-0.39, 0.29) is 23.3 Å². The van der Waals surface area contributed by atoms with Crippen molar-refractivity contribution in [3.05, 3.63) is 34.9 Å². The van der Waals surface area contributed by atoms with Crippen LogP contribution in [-0.2, 0) is 9.53 Å². The average Bonchev–Trinajstić information content (AvgIpc) is 2.88. The Morgan fingerprint density at radius 3 is 2.81 bits per heavy atom. The molecule has 114 valence electrons. The molecule has 1 aliphatic rings. The van der Waals surface area contributed by atoms with Crippen LogP contribution in [0.15, 0.2) is 24.3 Å². The number of hydrogen-bond donors (Lipinski definition) is 2. The molecule has 1 fully saturated rings. The number of nitrogens with one attached hydrogen (secondary N) is 2. The zero-order valence-corrected chi connectivity index (χ0v) is 13.3. The molecular formula is C14H17ClN2O3S. The molecule has 1 aromatic carbocycles. The van der Waals surface area contributed by atoms with Gasteiger partial charge in [0.15, 0.2) is 0 Å². The van der Waals surface area contributed by atoms with Gasteiger partial charge >= 0.3 is 0 Å². The first-order valence-corrected chi connectivity index (χ1v) is 7.90. The van der Waals surface area contributed by atoms with Gasteiger partial charge in [0.2, 0.25) is 5.91 Å². The van der Waals surface area contributed by atoms with Crippen molar-refractivity contribution in [2.24, 2.45) is 0 Å². The van der Waals surface area contributed by atoms with Gasteiger partial charge in [-0.25, -0.2) is 0 Å². The molecular weight excluding hydrogens is 312 g/mol. The van der Waals surface area contributed by atoms with Crippen molar-refractivity contribution in [2.75, 3.05) is 12.9 Å². The van der Waals surface area contributed by atoms with Crippen LogP contribution >= 0.6 is 23.4 Å². The number of rotatable bonds is 5. The van der Waals surface area contributed by atoms with Gasteiger partial charge in [0.1, 0.15) is 12.1 Å². The van der Waals surface area contributed by atoms with Crippen molar-refractivity contribution in [1.29, 1.82) is 0 Å². The Morgan fingerprint density at radius 2 is 2.24 bits per heavy atom. The van der Waals surface area contributed by atoms with E-state index in [0.29, 0.717) is 10.8 Å². The zero-order chi connectivity index (χ0) is 15.4. The SMILES string of the molecule is COC(c1ccccc1Cl)C(C)NC(=O)C1CSC(=O)N1. The summed E-state index contributed by atoms with van der Waals surface area (Å²) in [5, 5.41) is 5.90. The molecule has 3 atom stereocenters. The molecule has 2 rings (SSSR count). The maximum Gasteiger partial charge on any atom is 0.279 e. The van der Waals surface area contributed by atoms with E-state index in [9.17, 15) is 9.59 Å². The van der Waals surface area contributed by atoms with E-state index >= 15 is 0 Å². The lowest BCUT2D eigenvalue weighted by molar-refractivity contribution is -0.123. The number of carbonyl (C=O) groups excluding carboxylic acids is 2. The van der Waals surface area contributed by atoms with Crippen LogP contribution in [0.5, 0.6) is 0 Å². The normalized spacial score (nSPS) is 20.7. The number of benzene rings is 1. The molecule has 3 unspecified atom stereocenters. The van der Waals surface area contributed by atoms with Gasteiger partial charge in [-0.1, -0.05) is 41.6 Å². The molecule has 0 aromatic heterocycles. The standard InChI is InChI=1S/C14H17ClN2O3S/c1-8(16-13(18)11-7-21-14(19)17-11)12(20-2)9-5-3-4-6-10(9)15/h3-6,8,11-12H,7H2,1-2H3,(H,16,18)(H,17,19). The van der Waals surface area contributed by atoms with Crippen LogP contribution in [-0.4, -0.2) is 36.1 Å². The van der Waals surface area contributed by atoms with E-state index in [4.69, 9.17) is 16.3 Å². The first kappa shape index (κ1) is 16.1. The van der Waals surface area contributed by atoms with E-state index in [1.807, 2.05) is 25.1 Å². The van der Waals surface area contributed by atoms with Crippen molar-refractivity contribution >= 4 is 34.5 Å². The van der Waals surface area contributed by atoms with Crippen molar-refractivity contribution < 1.29 is 14.3 Å². The summed E-state index contributed by atoms with van der Waals surface area (Å²) in [5.74, 6) is 0.233. The summed E-state index contributed by atoms with van der Waals surface area (Å²) in [6.45, 7) is 1.85. The number of thioether (sulfide) groups is 1. The maximum absolute atomic E-state index is 12.1. The summed E-state index contributed by atoms with van der Waals surface area (Å²) in [6.07, 6.45) is -0.354. The monoisotopic (exact) mass is 328 g/mol. The summed E-state index contributed by atoms with van der Waals surface area (Å²) in [4.78, 5) is 23.2. The molecule has 2 N–H and O–H groups in total. The quantitative estimate of drug-likeness (QED) is 0.870. The second-order valence-corrected chi connectivity index (χ2v) is 6.17. The van der Waals surface area contributed by atoms with E-state index in [0.717, 1.165) is 17.3 Å². The Bertz CT molecular complexity index is 541. The highest BCUT2D eigenvalue weighted by atomic mass is 35.5. The van der Waals surface area contributed by atoms with Crippen LogP contribution in [0.1, 0.15) is 18.6 Å². The summed E-state index contributed by atoms with van der Waals surface area (Å²) < 4.78 is 5.47. The third kappa shape index (κ3) is 3.90. The van der Waals surface area contributed by atoms with Gasteiger partial charge in [-0.2, -0.15) is 0 Å². The molecule has 1 aliphatic heterocycles. The highest BCUT2D eigenvalue weighted by Gasteiger charge is 2.30. The minimum Gasteiger partial charge on any atom is -0.375 e. The summed E-state index contributed by atoms with van der Waals surface area (Å²) in [5.41, 5.74) is 0.819. The molecule has 21 heavy (non-hydrogen) atoms. The molecule has 5 nitrogen and oxygen atoms in total. The molecule has 1 aromatic rings. The van der Waals surface area contributed by atoms with Gasteiger partial charge in [-0.15, -0.1) is 0 Å². The first-order valence-electron chi connectivity index (χ1n) is 6.53. The second-order valence-electron chi connectivity index (χ2n) is 4.77. The highest BCUT2D eigenvalue weighted by molar-refractivity contribution is 8.14. The van der Waals surface area contributed by atoms with Crippen LogP contribution in [0.25, 0.3) is 0 Å². The van der Waals surface area contributed by atoms with E-state index in [2.05, 4.69) is 10.6 Å². The number of hydrogen-bond acceptors (Lipinski definition) is 4. The number of amides is 2. The number of ether oxygens (including phenoxy) is 1. The van der Waals surface area contributed by atoms with Crippen LogP contribution in [0, 0.1) is 0 Å². The first-order chi connectivity index (χ1) is 10.0. The highest BCUT2D eigenvalue weighted by Crippen LogP contribution is 2.27. The van der Waals surface area contributed by atoms with Crippen molar-refractivity contribution in [1.82, 2.24) is 10.6 Å². The Labute approximate surface area is 132 Å². The average molecular weight is 329 g/mol. The van der Waals surface area contributed by atoms with E-state index < -0.39 is 6.04 Å². The lowest BCUT2D eigenvalue weighted by Crippen LogP contribution is -2.48. The number of carbonyl (C=O) groups is 2. The minimum atomic E-state index is -0.492. The van der Waals surface area contributed by atoms with E-state index in [1.54, 1.807) is 13.2 Å². The third-order valence-corrected chi connectivity index (χ3v) is 4.50. The molecule has 7 heteroatoms. The van der Waals surface area contributed by atoms with Gasteiger partial charge in [0.05, 0.1) is 6.04 Å². The van der Waals surface area contributed by atoms with Gasteiger partial charge in [-0.3, -0.25) is 9.59 Å². The lowest BCUT2D eigenvalue weighted by atomic mass is 10.0. The van der Waals surface area contributed by atoms with Crippen LogP contribution in [0.4, 0.5) is 4.79 Å². The van der Waals surface area contributed by atoms with Gasteiger partial charge < -0.3 is 15.4 Å². The largest absolute Gasteiger partial charge is 0.375 e. The second kappa shape index (κ2) is 7.15. The molecule has 0 bridgehead atoms. The van der Waals surface area contributed by atoms with Gasteiger partial charge in [-0.05, 0) is 13.0 Å². The molecule has 0 saturated carbocycles. The molecule has 0 radical (unpaired) electrons. The Hall–Kier alpha value is -1.24. The molecule has 0 spiro atoms. The summed E-state index contributed by atoms with van der Waals surface area (Å²) >= 11 is 7.28. The van der Waals surface area contributed by atoms with Crippen LogP contribution in [0.3, 0.4) is 0 Å². The van der Waals surface area contributed by atoms with Crippen molar-refractivity contribution in [2.45, 2.75) is 25.1 Å². The summed E-state index contributed by atoms with van der Waals surface area (Å²) in [7, 11) is 1.57. The Balaban J connectivity index is 2.03. The predicted octanol–water partition coefficient (Wildman–Crippen LogP) is 2.36. The van der Waals surface area contributed by atoms with Gasteiger partial charge in [0.25, 0.3) is 5.24 Å². The molecule has 1 heterocycles. The smallest absolute Gasteiger partial charge is 0.279 e.